The summed E-state index contributed by atoms with van der Waals surface area (Å²) in [5, 5.41) is 0.684. The third-order valence-electron chi connectivity index (χ3n) is 1.58. The van der Waals surface area contributed by atoms with Gasteiger partial charge in [-0.3, -0.25) is 0 Å². The first-order valence-corrected chi connectivity index (χ1v) is 4.94. The van der Waals surface area contributed by atoms with E-state index in [-0.39, 0.29) is 0 Å². The lowest BCUT2D eigenvalue weighted by Crippen LogP contribution is -1.85. The molecule has 0 aliphatic heterocycles. The van der Waals surface area contributed by atoms with E-state index in [1.807, 2.05) is 6.92 Å². The summed E-state index contributed by atoms with van der Waals surface area (Å²) < 4.78 is 25.5. The molecule has 13 heavy (non-hydrogen) atoms. The summed E-state index contributed by atoms with van der Waals surface area (Å²) in [6.07, 6.45) is 1.68. The van der Waals surface area contributed by atoms with E-state index in [1.165, 1.54) is 12.1 Å². The molecule has 0 radical (unpaired) electrons. The molecule has 0 aliphatic carbocycles. The SMILES string of the molecule is CC(=Cc1ccc(F)cc1F)CBr. The van der Waals surface area contributed by atoms with E-state index in [2.05, 4.69) is 15.9 Å². The van der Waals surface area contributed by atoms with Gasteiger partial charge in [0.15, 0.2) is 0 Å². The summed E-state index contributed by atoms with van der Waals surface area (Å²) >= 11 is 3.25. The van der Waals surface area contributed by atoms with Crippen molar-refractivity contribution in [3.05, 3.63) is 41.0 Å². The van der Waals surface area contributed by atoms with Crippen LogP contribution < -0.4 is 0 Å². The van der Waals surface area contributed by atoms with Gasteiger partial charge in [0.25, 0.3) is 0 Å². The zero-order valence-electron chi connectivity index (χ0n) is 7.15. The average molecular weight is 247 g/mol. The van der Waals surface area contributed by atoms with Crippen molar-refractivity contribution >= 4 is 22.0 Å². The van der Waals surface area contributed by atoms with Crippen LogP contribution in [-0.4, -0.2) is 5.33 Å². The largest absolute Gasteiger partial charge is 0.207 e. The standard InChI is InChI=1S/C10H9BrF2/c1-7(6-11)4-8-2-3-9(12)5-10(8)13/h2-5H,6H2,1H3. The third-order valence-corrected chi connectivity index (χ3v) is 2.46. The van der Waals surface area contributed by atoms with Gasteiger partial charge < -0.3 is 0 Å². The van der Waals surface area contributed by atoms with E-state index in [0.717, 1.165) is 11.6 Å². The van der Waals surface area contributed by atoms with E-state index in [1.54, 1.807) is 6.08 Å². The molecule has 1 aromatic carbocycles. The van der Waals surface area contributed by atoms with E-state index < -0.39 is 11.6 Å². The zero-order valence-corrected chi connectivity index (χ0v) is 8.74. The van der Waals surface area contributed by atoms with Crippen LogP contribution in [0.3, 0.4) is 0 Å². The molecule has 0 atom stereocenters. The molecule has 0 saturated heterocycles. The molecule has 0 spiro atoms. The lowest BCUT2D eigenvalue weighted by molar-refractivity contribution is 0.581. The molecule has 1 aromatic rings. The van der Waals surface area contributed by atoms with Gasteiger partial charge >= 0.3 is 0 Å². The number of benzene rings is 1. The van der Waals surface area contributed by atoms with E-state index >= 15 is 0 Å². The van der Waals surface area contributed by atoms with Crippen molar-refractivity contribution in [1.82, 2.24) is 0 Å². The molecule has 1 rings (SSSR count). The third kappa shape index (κ3) is 2.92. The molecule has 0 unspecified atom stereocenters. The average Bonchev–Trinajstić information content (AvgIpc) is 2.09. The summed E-state index contributed by atoms with van der Waals surface area (Å²) in [7, 11) is 0. The Labute approximate surface area is 84.4 Å². The minimum atomic E-state index is -0.550. The van der Waals surface area contributed by atoms with Crippen LogP contribution in [0.1, 0.15) is 12.5 Å². The second kappa shape index (κ2) is 4.51. The van der Waals surface area contributed by atoms with Crippen LogP contribution in [0.25, 0.3) is 6.08 Å². The molecule has 0 aliphatic rings. The van der Waals surface area contributed by atoms with Crippen LogP contribution in [0.2, 0.25) is 0 Å². The highest BCUT2D eigenvalue weighted by atomic mass is 79.9. The Bertz CT molecular complexity index is 332. The van der Waals surface area contributed by atoms with Crippen molar-refractivity contribution in [2.45, 2.75) is 6.92 Å². The molecule has 0 heterocycles. The number of allylic oxidation sites excluding steroid dienone is 1. The van der Waals surface area contributed by atoms with E-state index in [9.17, 15) is 8.78 Å². The maximum absolute atomic E-state index is 13.0. The van der Waals surface area contributed by atoms with Crippen molar-refractivity contribution < 1.29 is 8.78 Å². The van der Waals surface area contributed by atoms with Crippen LogP contribution in [0.15, 0.2) is 23.8 Å². The quantitative estimate of drug-likeness (QED) is 0.698. The second-order valence-electron chi connectivity index (χ2n) is 2.79. The summed E-state index contributed by atoms with van der Waals surface area (Å²) in [5.41, 5.74) is 1.41. The van der Waals surface area contributed by atoms with Crippen LogP contribution in [0.5, 0.6) is 0 Å². The van der Waals surface area contributed by atoms with Crippen molar-refractivity contribution in [1.29, 1.82) is 0 Å². The highest BCUT2D eigenvalue weighted by molar-refractivity contribution is 9.09. The number of hydrogen-bond donors (Lipinski definition) is 0. The second-order valence-corrected chi connectivity index (χ2v) is 3.35. The van der Waals surface area contributed by atoms with Crippen molar-refractivity contribution in [2.24, 2.45) is 0 Å². The van der Waals surface area contributed by atoms with Crippen molar-refractivity contribution in [2.75, 3.05) is 5.33 Å². The van der Waals surface area contributed by atoms with Gasteiger partial charge in [0.1, 0.15) is 11.6 Å². The summed E-state index contributed by atoms with van der Waals surface area (Å²) in [6.45, 7) is 1.87. The molecular formula is C10H9BrF2. The van der Waals surface area contributed by atoms with Crippen LogP contribution in [0, 0.1) is 11.6 Å². The summed E-state index contributed by atoms with van der Waals surface area (Å²) in [6, 6.07) is 3.56. The molecule has 3 heteroatoms. The van der Waals surface area contributed by atoms with Gasteiger partial charge in [0.2, 0.25) is 0 Å². The van der Waals surface area contributed by atoms with Crippen LogP contribution >= 0.6 is 15.9 Å². The maximum atomic E-state index is 13.0. The van der Waals surface area contributed by atoms with E-state index in [0.29, 0.717) is 10.9 Å². The molecule has 0 amide bonds. The maximum Gasteiger partial charge on any atom is 0.133 e. The minimum Gasteiger partial charge on any atom is -0.207 e. The smallest absolute Gasteiger partial charge is 0.133 e. The van der Waals surface area contributed by atoms with Gasteiger partial charge in [-0.1, -0.05) is 27.6 Å². The van der Waals surface area contributed by atoms with Gasteiger partial charge in [-0.15, -0.1) is 0 Å². The molecule has 70 valence electrons. The number of hydrogen-bond acceptors (Lipinski definition) is 0. The fourth-order valence-electron chi connectivity index (χ4n) is 0.923. The summed E-state index contributed by atoms with van der Waals surface area (Å²) in [5.74, 6) is -1.08. The Kier molecular flexibility index (Phi) is 3.60. The topological polar surface area (TPSA) is 0 Å². The predicted molar refractivity (Wildman–Crippen MR) is 53.8 cm³/mol. The number of rotatable bonds is 2. The van der Waals surface area contributed by atoms with Crippen LogP contribution in [0.4, 0.5) is 8.78 Å². The van der Waals surface area contributed by atoms with Crippen molar-refractivity contribution in [3.63, 3.8) is 0 Å². The Morgan fingerprint density at radius 2 is 2.15 bits per heavy atom. The first-order valence-electron chi connectivity index (χ1n) is 3.81. The van der Waals surface area contributed by atoms with Gasteiger partial charge in [-0.2, -0.15) is 0 Å². The monoisotopic (exact) mass is 246 g/mol. The highest BCUT2D eigenvalue weighted by Gasteiger charge is 2.00. The van der Waals surface area contributed by atoms with Gasteiger partial charge in [0, 0.05) is 17.0 Å². The Morgan fingerprint density at radius 3 is 2.69 bits per heavy atom. The summed E-state index contributed by atoms with van der Waals surface area (Å²) in [4.78, 5) is 0. The van der Waals surface area contributed by atoms with Crippen molar-refractivity contribution in [3.8, 4) is 0 Å². The first kappa shape index (κ1) is 10.4. The fourth-order valence-corrected chi connectivity index (χ4v) is 1.08. The van der Waals surface area contributed by atoms with Gasteiger partial charge in [0.05, 0.1) is 0 Å². The Hall–Kier alpha value is -0.700. The van der Waals surface area contributed by atoms with Crippen LogP contribution in [-0.2, 0) is 0 Å². The number of alkyl halides is 1. The Morgan fingerprint density at radius 1 is 1.46 bits per heavy atom. The fraction of sp³-hybridized carbons (Fsp3) is 0.200. The number of halogens is 3. The lowest BCUT2D eigenvalue weighted by atomic mass is 10.1. The van der Waals surface area contributed by atoms with Gasteiger partial charge in [-0.25, -0.2) is 8.78 Å². The molecule has 0 aromatic heterocycles. The highest BCUT2D eigenvalue weighted by Crippen LogP contribution is 2.13. The molecular weight excluding hydrogens is 238 g/mol. The molecule has 0 nitrogen and oxygen atoms in total. The molecule has 0 saturated carbocycles. The first-order chi connectivity index (χ1) is 6.13. The predicted octanol–water partition coefficient (Wildman–Crippen LogP) is 3.76. The molecule has 0 fully saturated rings. The van der Waals surface area contributed by atoms with E-state index in [4.69, 9.17) is 0 Å². The zero-order chi connectivity index (χ0) is 9.84. The van der Waals surface area contributed by atoms with Gasteiger partial charge in [-0.05, 0) is 19.1 Å². The molecule has 0 bridgehead atoms. The minimum absolute atomic E-state index is 0.415. The normalized spacial score (nSPS) is 11.8. The Balaban J connectivity index is 3.03. The molecule has 0 N–H and O–H groups in total. The lowest BCUT2D eigenvalue weighted by Gasteiger charge is -1.98.